The SMILES string of the molecule is COc1cccc(O)c1[C@H]1C2=CC[C@@H]3C(=O)N(C(C)(C)C)C(=O)[C@@H]3[C@@H]2C[C@H]2C(=O)N(c3cc(-c4sc5ccc(Cl)cc5c4C)nn3C)C(=O)[C@@]12C. The van der Waals surface area contributed by atoms with E-state index in [9.17, 15) is 19.5 Å². The first-order chi connectivity index (χ1) is 24.1. The average Bonchev–Trinajstić information content (AvgIpc) is 3.74. The number of fused-ring (bicyclic) bond motifs is 5. The smallest absolute Gasteiger partial charge is 0.242 e. The molecule has 3 fully saturated rings. The quantitative estimate of drug-likeness (QED) is 0.177. The van der Waals surface area contributed by atoms with E-state index in [1.165, 1.54) is 16.9 Å². The van der Waals surface area contributed by atoms with Crippen molar-refractivity contribution in [2.75, 3.05) is 12.0 Å². The van der Waals surface area contributed by atoms with Gasteiger partial charge in [0.05, 0.1) is 35.2 Å². The molecular weight excluding hydrogens is 688 g/mol. The van der Waals surface area contributed by atoms with Gasteiger partial charge >= 0.3 is 0 Å². The number of amides is 4. The van der Waals surface area contributed by atoms with E-state index in [0.29, 0.717) is 34.3 Å². The van der Waals surface area contributed by atoms with Crippen LogP contribution in [0.5, 0.6) is 11.5 Å². The predicted molar refractivity (Wildman–Crippen MR) is 195 cm³/mol. The van der Waals surface area contributed by atoms with Crippen LogP contribution in [0, 0.1) is 36.0 Å². The molecule has 2 aliphatic carbocycles. The van der Waals surface area contributed by atoms with E-state index in [2.05, 4.69) is 0 Å². The van der Waals surface area contributed by atoms with Crippen LogP contribution in [0.1, 0.15) is 57.6 Å². The Morgan fingerprint density at radius 2 is 1.78 bits per heavy atom. The normalized spacial score (nSPS) is 27.6. The van der Waals surface area contributed by atoms with Gasteiger partial charge in [-0.15, -0.1) is 11.3 Å². The summed E-state index contributed by atoms with van der Waals surface area (Å²) in [4.78, 5) is 61.4. The highest BCUT2D eigenvalue weighted by Gasteiger charge is 2.69. The standard InChI is InChI=1S/C39H39ClN4O6S/c1-18-22-15-19(40)11-14-28(22)51-33(18)25-17-29(42(6)41-25)43-35(47)24-16-23-20(12-13-21-30(23)36(48)44(34(21)46)38(2,3)4)32(39(24,5)37(43)49)31-26(45)9-8-10-27(31)50-7/h8-12,14-15,17,21,23-24,30,32,45H,13,16H2,1-7H3/t21-,23+,24-,30-,32+,39+/m0/s1. The van der Waals surface area contributed by atoms with Gasteiger partial charge in [0.25, 0.3) is 0 Å². The number of phenolic OH excluding ortho intramolecular Hbond substituents is 1. The van der Waals surface area contributed by atoms with Crippen molar-refractivity contribution >= 4 is 62.5 Å². The first-order valence-corrected chi connectivity index (χ1v) is 18.3. The third kappa shape index (κ3) is 4.56. The van der Waals surface area contributed by atoms with Gasteiger partial charge in [-0.1, -0.05) is 29.3 Å². The van der Waals surface area contributed by atoms with Crippen molar-refractivity contribution < 1.29 is 29.0 Å². The minimum absolute atomic E-state index is 0.0741. The molecule has 10 nitrogen and oxygen atoms in total. The Balaban J connectivity index is 1.28. The second-order valence-corrected chi connectivity index (χ2v) is 16.9. The Morgan fingerprint density at radius 3 is 2.49 bits per heavy atom. The highest BCUT2D eigenvalue weighted by molar-refractivity contribution is 7.22. The molecule has 0 radical (unpaired) electrons. The highest BCUT2D eigenvalue weighted by atomic mass is 35.5. The number of imide groups is 2. The molecule has 1 saturated carbocycles. The lowest BCUT2D eigenvalue weighted by Crippen LogP contribution is -2.49. The molecule has 4 amide bonds. The molecule has 264 valence electrons. The number of rotatable bonds is 4. The maximum Gasteiger partial charge on any atom is 0.242 e. The molecule has 0 bridgehead atoms. The summed E-state index contributed by atoms with van der Waals surface area (Å²) in [5.41, 5.74) is 0.710. The van der Waals surface area contributed by atoms with Crippen molar-refractivity contribution in [2.24, 2.45) is 36.1 Å². The van der Waals surface area contributed by atoms with Crippen LogP contribution in [-0.4, -0.2) is 56.1 Å². The fraction of sp³-hybridized carbons (Fsp3) is 0.410. The van der Waals surface area contributed by atoms with Gasteiger partial charge in [0.15, 0.2) is 0 Å². The molecular formula is C39H39ClN4O6S. The number of hydrogen-bond acceptors (Lipinski definition) is 8. The number of halogens is 1. The fourth-order valence-corrected chi connectivity index (χ4v) is 10.7. The summed E-state index contributed by atoms with van der Waals surface area (Å²) in [6.45, 7) is 9.32. The Morgan fingerprint density at radius 1 is 1.04 bits per heavy atom. The molecule has 8 rings (SSSR count). The number of thiophene rings is 1. The first-order valence-electron chi connectivity index (χ1n) is 17.1. The van der Waals surface area contributed by atoms with E-state index in [4.69, 9.17) is 21.4 Å². The number of aromatic nitrogens is 2. The lowest BCUT2D eigenvalue weighted by molar-refractivity contribution is -0.145. The number of methoxy groups -OCH3 is 1. The van der Waals surface area contributed by atoms with Gasteiger partial charge < -0.3 is 9.84 Å². The fourth-order valence-electron chi connectivity index (χ4n) is 9.42. The minimum atomic E-state index is -1.36. The number of benzene rings is 2. The van der Waals surface area contributed by atoms with Gasteiger partial charge in [0, 0.05) is 39.9 Å². The van der Waals surface area contributed by atoms with Crippen LogP contribution in [0.25, 0.3) is 20.7 Å². The summed E-state index contributed by atoms with van der Waals surface area (Å²) in [5, 5.41) is 17.9. The molecule has 4 aliphatic rings. The molecule has 2 aromatic carbocycles. The third-order valence-corrected chi connectivity index (χ3v) is 13.2. The summed E-state index contributed by atoms with van der Waals surface area (Å²) in [6, 6.07) is 12.4. The molecule has 0 unspecified atom stereocenters. The molecule has 51 heavy (non-hydrogen) atoms. The van der Waals surface area contributed by atoms with Crippen LogP contribution in [0.2, 0.25) is 5.02 Å². The monoisotopic (exact) mass is 726 g/mol. The van der Waals surface area contributed by atoms with Crippen LogP contribution in [0.3, 0.4) is 0 Å². The number of carbonyl (C=O) groups is 4. The third-order valence-electron chi connectivity index (χ3n) is 11.7. The maximum absolute atomic E-state index is 15.1. The average molecular weight is 727 g/mol. The zero-order valence-electron chi connectivity index (χ0n) is 29.5. The van der Waals surface area contributed by atoms with E-state index >= 15 is 4.79 Å². The summed E-state index contributed by atoms with van der Waals surface area (Å²) in [6.07, 6.45) is 2.49. The number of hydrogen-bond donors (Lipinski definition) is 1. The molecule has 4 heterocycles. The number of nitrogens with zero attached hydrogens (tertiary/aromatic N) is 4. The van der Waals surface area contributed by atoms with Crippen LogP contribution in [0.4, 0.5) is 5.82 Å². The molecule has 2 saturated heterocycles. The van der Waals surface area contributed by atoms with Gasteiger partial charge in [-0.25, -0.2) is 4.90 Å². The van der Waals surface area contributed by atoms with E-state index in [1.54, 1.807) is 54.3 Å². The van der Waals surface area contributed by atoms with Crippen LogP contribution in [0.15, 0.2) is 54.1 Å². The Hall–Kier alpha value is -4.48. The second kappa shape index (κ2) is 11.3. The van der Waals surface area contributed by atoms with Crippen molar-refractivity contribution in [2.45, 2.75) is 58.9 Å². The summed E-state index contributed by atoms with van der Waals surface area (Å²) in [5.74, 6) is -4.11. The number of aryl methyl sites for hydroxylation is 2. The molecule has 4 aromatic rings. The minimum Gasteiger partial charge on any atom is -0.508 e. The Bertz CT molecular complexity index is 2250. The van der Waals surface area contributed by atoms with Crippen LogP contribution >= 0.6 is 22.9 Å². The topological polar surface area (TPSA) is 122 Å². The molecule has 1 N–H and O–H groups in total. The zero-order chi connectivity index (χ0) is 36.5. The summed E-state index contributed by atoms with van der Waals surface area (Å²) < 4.78 is 8.38. The lowest BCUT2D eigenvalue weighted by Gasteiger charge is -2.49. The second-order valence-electron chi connectivity index (χ2n) is 15.4. The molecule has 12 heteroatoms. The van der Waals surface area contributed by atoms with Crippen molar-refractivity contribution in [3.8, 4) is 22.1 Å². The van der Waals surface area contributed by atoms with Gasteiger partial charge in [-0.3, -0.25) is 28.8 Å². The molecule has 2 aromatic heterocycles. The predicted octanol–water partition coefficient (Wildman–Crippen LogP) is 7.01. The van der Waals surface area contributed by atoms with Crippen LogP contribution < -0.4 is 9.64 Å². The van der Waals surface area contributed by atoms with Crippen LogP contribution in [-0.2, 0) is 26.2 Å². The van der Waals surface area contributed by atoms with Gasteiger partial charge in [-0.2, -0.15) is 5.10 Å². The Labute approximate surface area is 304 Å². The van der Waals surface area contributed by atoms with E-state index in [1.807, 2.05) is 52.0 Å². The van der Waals surface area contributed by atoms with E-state index < -0.39 is 52.4 Å². The summed E-state index contributed by atoms with van der Waals surface area (Å²) in [7, 11) is 3.21. The summed E-state index contributed by atoms with van der Waals surface area (Å²) >= 11 is 7.87. The lowest BCUT2D eigenvalue weighted by atomic mass is 9.51. The number of aromatic hydroxyl groups is 1. The number of allylic oxidation sites excluding steroid dienone is 2. The molecule has 0 spiro atoms. The molecule has 2 aliphatic heterocycles. The van der Waals surface area contributed by atoms with Crippen molar-refractivity contribution in [3.05, 3.63) is 70.3 Å². The van der Waals surface area contributed by atoms with E-state index in [-0.39, 0.29) is 24.0 Å². The van der Waals surface area contributed by atoms with Gasteiger partial charge in [-0.05, 0) is 94.7 Å². The number of phenols is 1. The molecule has 6 atom stereocenters. The zero-order valence-corrected chi connectivity index (χ0v) is 31.1. The highest BCUT2D eigenvalue weighted by Crippen LogP contribution is 2.65. The number of carbonyl (C=O) groups excluding carboxylic acids is 4. The first kappa shape index (κ1) is 33.7. The largest absolute Gasteiger partial charge is 0.508 e. The Kier molecular flexibility index (Phi) is 7.43. The number of anilines is 1. The van der Waals surface area contributed by atoms with Crippen molar-refractivity contribution in [3.63, 3.8) is 0 Å². The van der Waals surface area contributed by atoms with Gasteiger partial charge in [0.2, 0.25) is 23.6 Å². The van der Waals surface area contributed by atoms with E-state index in [0.717, 1.165) is 26.1 Å². The van der Waals surface area contributed by atoms with Crippen molar-refractivity contribution in [1.82, 2.24) is 14.7 Å². The number of ether oxygens (including phenoxy) is 1. The maximum atomic E-state index is 15.1. The van der Waals surface area contributed by atoms with Crippen molar-refractivity contribution in [1.29, 1.82) is 0 Å². The number of likely N-dealkylation sites (tertiary alicyclic amines) is 1. The van der Waals surface area contributed by atoms with Gasteiger partial charge in [0.1, 0.15) is 23.0 Å².